The van der Waals surface area contributed by atoms with Gasteiger partial charge in [-0.15, -0.1) is 0 Å². The number of carbonyl (C=O) groups excluding carboxylic acids is 1. The molecule has 1 heterocycles. The maximum Gasteiger partial charge on any atom is 0.407 e. The summed E-state index contributed by atoms with van der Waals surface area (Å²) in [7, 11) is 1.33. The molecule has 1 N–H and O–H groups in total. The van der Waals surface area contributed by atoms with Gasteiger partial charge in [-0.2, -0.15) is 0 Å². The van der Waals surface area contributed by atoms with Gasteiger partial charge in [-0.05, 0) is 36.1 Å². The van der Waals surface area contributed by atoms with Crippen LogP contribution in [-0.4, -0.2) is 35.7 Å². The van der Waals surface area contributed by atoms with Crippen LogP contribution in [0, 0.1) is 0 Å². The smallest absolute Gasteiger partial charge is 0.407 e. The Morgan fingerprint density at radius 3 is 2.85 bits per heavy atom. The van der Waals surface area contributed by atoms with Gasteiger partial charge in [0.05, 0.1) is 13.2 Å². The summed E-state index contributed by atoms with van der Waals surface area (Å²) in [6, 6.07) is 5.55. The standard InChI is InChI=1S/C15H17NO4/c1-10-12-5-3-4-11(6-7-14(17)20-2)13(12)8-9-16(10)15(18)19/h3-7,10H,8-9H2,1-2H3,(H,18,19)/t10-/m0/s1. The van der Waals surface area contributed by atoms with Crippen molar-refractivity contribution in [3.05, 3.63) is 41.0 Å². The summed E-state index contributed by atoms with van der Waals surface area (Å²) in [5.41, 5.74) is 3.02. The van der Waals surface area contributed by atoms with E-state index in [1.54, 1.807) is 6.08 Å². The number of nitrogens with zero attached hydrogens (tertiary/aromatic N) is 1. The number of ether oxygens (including phenoxy) is 1. The van der Waals surface area contributed by atoms with E-state index in [1.165, 1.54) is 18.1 Å². The van der Waals surface area contributed by atoms with E-state index in [1.807, 2.05) is 25.1 Å². The Morgan fingerprint density at radius 1 is 1.45 bits per heavy atom. The van der Waals surface area contributed by atoms with Gasteiger partial charge in [0.1, 0.15) is 0 Å². The van der Waals surface area contributed by atoms with Crippen LogP contribution in [0.15, 0.2) is 24.3 Å². The molecule has 0 aliphatic carbocycles. The lowest BCUT2D eigenvalue weighted by Gasteiger charge is -2.33. The zero-order valence-corrected chi connectivity index (χ0v) is 11.5. The molecular weight excluding hydrogens is 258 g/mol. The fourth-order valence-electron chi connectivity index (χ4n) is 2.54. The minimum absolute atomic E-state index is 0.178. The molecule has 1 aliphatic heterocycles. The van der Waals surface area contributed by atoms with E-state index >= 15 is 0 Å². The van der Waals surface area contributed by atoms with Crippen LogP contribution in [0.3, 0.4) is 0 Å². The highest BCUT2D eigenvalue weighted by Crippen LogP contribution is 2.31. The third-order valence-electron chi connectivity index (χ3n) is 3.61. The number of esters is 1. The van der Waals surface area contributed by atoms with Crippen molar-refractivity contribution in [1.82, 2.24) is 4.90 Å². The van der Waals surface area contributed by atoms with Crippen LogP contribution in [-0.2, 0) is 16.0 Å². The molecule has 0 aromatic heterocycles. The van der Waals surface area contributed by atoms with Crippen LogP contribution in [0.25, 0.3) is 6.08 Å². The molecule has 0 bridgehead atoms. The molecule has 106 valence electrons. The van der Waals surface area contributed by atoms with Crippen molar-refractivity contribution < 1.29 is 19.4 Å². The Labute approximate surface area is 117 Å². The molecule has 0 unspecified atom stereocenters. The van der Waals surface area contributed by atoms with Crippen molar-refractivity contribution in [1.29, 1.82) is 0 Å². The summed E-state index contributed by atoms with van der Waals surface area (Å²) in [5.74, 6) is -0.404. The number of amides is 1. The predicted octanol–water partition coefficient (Wildman–Crippen LogP) is 2.47. The molecule has 1 amide bonds. The monoisotopic (exact) mass is 275 g/mol. The number of rotatable bonds is 2. The van der Waals surface area contributed by atoms with Crippen LogP contribution in [0.4, 0.5) is 4.79 Å². The van der Waals surface area contributed by atoms with Crippen LogP contribution >= 0.6 is 0 Å². The first-order valence-electron chi connectivity index (χ1n) is 6.42. The normalized spacial score (nSPS) is 17.9. The molecule has 0 spiro atoms. The third-order valence-corrected chi connectivity index (χ3v) is 3.61. The van der Waals surface area contributed by atoms with Gasteiger partial charge in [-0.1, -0.05) is 18.2 Å². The zero-order valence-electron chi connectivity index (χ0n) is 11.5. The molecule has 5 nitrogen and oxygen atoms in total. The largest absolute Gasteiger partial charge is 0.466 e. The van der Waals surface area contributed by atoms with E-state index in [0.717, 1.165) is 16.7 Å². The van der Waals surface area contributed by atoms with Crippen LogP contribution in [0.1, 0.15) is 29.7 Å². The van der Waals surface area contributed by atoms with Gasteiger partial charge in [0, 0.05) is 12.6 Å². The summed E-state index contributed by atoms with van der Waals surface area (Å²) in [4.78, 5) is 23.8. The molecule has 1 atom stereocenters. The second kappa shape index (κ2) is 5.77. The van der Waals surface area contributed by atoms with Gasteiger partial charge < -0.3 is 14.7 Å². The molecule has 0 fully saturated rings. The molecule has 0 saturated carbocycles. The van der Waals surface area contributed by atoms with E-state index in [9.17, 15) is 9.59 Å². The number of benzene rings is 1. The predicted molar refractivity (Wildman–Crippen MR) is 74.3 cm³/mol. The Morgan fingerprint density at radius 2 is 2.20 bits per heavy atom. The van der Waals surface area contributed by atoms with Gasteiger partial charge in [0.25, 0.3) is 0 Å². The van der Waals surface area contributed by atoms with E-state index in [-0.39, 0.29) is 6.04 Å². The average Bonchev–Trinajstić information content (AvgIpc) is 2.44. The molecule has 1 aromatic rings. The SMILES string of the molecule is COC(=O)C=Cc1cccc2c1CCN(C(=O)O)[C@H]2C. The maximum atomic E-state index is 11.2. The van der Waals surface area contributed by atoms with Crippen molar-refractivity contribution in [2.24, 2.45) is 0 Å². The molecule has 0 saturated heterocycles. The van der Waals surface area contributed by atoms with Gasteiger partial charge in [0.15, 0.2) is 0 Å². The van der Waals surface area contributed by atoms with Crippen LogP contribution in [0.5, 0.6) is 0 Å². The Balaban J connectivity index is 2.34. The quantitative estimate of drug-likeness (QED) is 0.665. The Hall–Kier alpha value is -2.30. The summed E-state index contributed by atoms with van der Waals surface area (Å²) in [6.45, 7) is 2.34. The fraction of sp³-hybridized carbons (Fsp3) is 0.333. The topological polar surface area (TPSA) is 66.8 Å². The van der Waals surface area contributed by atoms with E-state index in [0.29, 0.717) is 13.0 Å². The third kappa shape index (κ3) is 2.66. The van der Waals surface area contributed by atoms with Crippen molar-refractivity contribution in [2.75, 3.05) is 13.7 Å². The minimum Gasteiger partial charge on any atom is -0.466 e. The molecule has 0 radical (unpaired) electrons. The minimum atomic E-state index is -0.904. The number of carboxylic acid groups (broad SMARTS) is 1. The number of hydrogen-bond donors (Lipinski definition) is 1. The highest BCUT2D eigenvalue weighted by Gasteiger charge is 2.27. The molecule has 20 heavy (non-hydrogen) atoms. The van der Waals surface area contributed by atoms with Gasteiger partial charge >= 0.3 is 12.1 Å². The molecule has 1 aliphatic rings. The van der Waals surface area contributed by atoms with Crippen molar-refractivity contribution in [3.8, 4) is 0 Å². The Kier molecular flexibility index (Phi) is 4.08. The first-order valence-corrected chi connectivity index (χ1v) is 6.42. The summed E-state index contributed by atoms with van der Waals surface area (Å²) in [6.07, 6.45) is 2.84. The number of hydrogen-bond acceptors (Lipinski definition) is 3. The van der Waals surface area contributed by atoms with Gasteiger partial charge in [-0.3, -0.25) is 0 Å². The first kappa shape index (κ1) is 14.1. The highest BCUT2D eigenvalue weighted by molar-refractivity contribution is 5.87. The second-order valence-corrected chi connectivity index (χ2v) is 4.67. The van der Waals surface area contributed by atoms with E-state index in [2.05, 4.69) is 4.74 Å². The summed E-state index contributed by atoms with van der Waals surface area (Å²) >= 11 is 0. The number of methoxy groups -OCH3 is 1. The molecule has 1 aromatic carbocycles. The molecular formula is C15H17NO4. The van der Waals surface area contributed by atoms with Gasteiger partial charge in [-0.25, -0.2) is 9.59 Å². The lowest BCUT2D eigenvalue weighted by Crippen LogP contribution is -2.38. The molecule has 2 rings (SSSR count). The summed E-state index contributed by atoms with van der Waals surface area (Å²) in [5, 5.41) is 9.16. The first-order chi connectivity index (χ1) is 9.54. The second-order valence-electron chi connectivity index (χ2n) is 4.67. The fourth-order valence-corrected chi connectivity index (χ4v) is 2.54. The summed E-state index contributed by atoms with van der Waals surface area (Å²) < 4.78 is 4.57. The molecule has 5 heteroatoms. The number of carbonyl (C=O) groups is 2. The Bertz CT molecular complexity index is 565. The van der Waals surface area contributed by atoms with Crippen LogP contribution in [0.2, 0.25) is 0 Å². The zero-order chi connectivity index (χ0) is 14.7. The highest BCUT2D eigenvalue weighted by atomic mass is 16.5. The van der Waals surface area contributed by atoms with Crippen molar-refractivity contribution in [3.63, 3.8) is 0 Å². The van der Waals surface area contributed by atoms with E-state index in [4.69, 9.17) is 5.11 Å². The number of fused-ring (bicyclic) bond motifs is 1. The van der Waals surface area contributed by atoms with Crippen molar-refractivity contribution >= 4 is 18.1 Å². The average molecular weight is 275 g/mol. The lowest BCUT2D eigenvalue weighted by atomic mass is 9.90. The lowest BCUT2D eigenvalue weighted by molar-refractivity contribution is -0.134. The maximum absolute atomic E-state index is 11.2. The van der Waals surface area contributed by atoms with E-state index < -0.39 is 12.1 Å². The van der Waals surface area contributed by atoms with Crippen molar-refractivity contribution in [2.45, 2.75) is 19.4 Å². The van der Waals surface area contributed by atoms with Crippen LogP contribution < -0.4 is 0 Å². The van der Waals surface area contributed by atoms with Gasteiger partial charge in [0.2, 0.25) is 0 Å².